The van der Waals surface area contributed by atoms with Gasteiger partial charge in [-0.15, -0.1) is 0 Å². The Kier molecular flexibility index (Phi) is 4.97. The molecule has 0 spiro atoms. The molecule has 0 aromatic heterocycles. The van der Waals surface area contributed by atoms with Gasteiger partial charge in [0.2, 0.25) is 0 Å². The first-order chi connectivity index (χ1) is 8.19. The van der Waals surface area contributed by atoms with Crippen molar-refractivity contribution in [1.29, 1.82) is 0 Å². The van der Waals surface area contributed by atoms with Crippen molar-refractivity contribution >= 4 is 5.78 Å². The number of ketones is 1. The fourth-order valence-corrected chi connectivity index (χ4v) is 1.34. The molecule has 0 bridgehead atoms. The lowest BCUT2D eigenvalue weighted by Crippen LogP contribution is -2.01. The van der Waals surface area contributed by atoms with Crippen LogP contribution >= 0.6 is 0 Å². The number of halogens is 1. The molecule has 0 atom stereocenters. The Morgan fingerprint density at radius 2 is 2.35 bits per heavy atom. The Morgan fingerprint density at radius 3 is 2.94 bits per heavy atom. The van der Waals surface area contributed by atoms with Crippen molar-refractivity contribution in [3.8, 4) is 5.75 Å². The minimum atomic E-state index is -0.562. The maximum absolute atomic E-state index is 13.3. The molecule has 0 radical (unpaired) electrons. The molecule has 0 unspecified atom stereocenters. The molecule has 6 heteroatoms. The minimum absolute atomic E-state index is 0.107. The first-order valence-electron chi connectivity index (χ1n) is 5.06. The summed E-state index contributed by atoms with van der Waals surface area (Å²) in [5.74, 6) is -0.635. The summed E-state index contributed by atoms with van der Waals surface area (Å²) in [6, 6.07) is 4.07. The van der Waals surface area contributed by atoms with Gasteiger partial charge in [-0.3, -0.25) is 4.79 Å². The molecule has 0 amide bonds. The van der Waals surface area contributed by atoms with E-state index in [1.165, 1.54) is 19.2 Å². The van der Waals surface area contributed by atoms with Crippen LogP contribution in [-0.4, -0.2) is 19.4 Å². The van der Waals surface area contributed by atoms with Gasteiger partial charge in [-0.1, -0.05) is 5.11 Å². The molecule has 0 saturated carbocycles. The predicted molar refractivity (Wildman–Crippen MR) is 60.5 cm³/mol. The zero-order valence-electron chi connectivity index (χ0n) is 9.39. The third kappa shape index (κ3) is 3.77. The molecule has 0 saturated heterocycles. The third-order valence-corrected chi connectivity index (χ3v) is 2.20. The number of methoxy groups -OCH3 is 1. The third-order valence-electron chi connectivity index (χ3n) is 2.20. The summed E-state index contributed by atoms with van der Waals surface area (Å²) in [4.78, 5) is 14.2. The average Bonchev–Trinajstić information content (AvgIpc) is 2.34. The first-order valence-corrected chi connectivity index (χ1v) is 5.06. The fraction of sp³-hybridized carbons (Fsp3) is 0.364. The second-order valence-corrected chi connectivity index (χ2v) is 3.33. The standard InChI is InChI=1S/C11H12FN3O2/c1-17-11-5-4-8(7-9(11)12)10(16)3-2-6-14-15-13/h4-5,7H,2-3,6H2,1H3. The van der Waals surface area contributed by atoms with Gasteiger partial charge in [-0.05, 0) is 30.2 Å². The number of carbonyl (C=O) groups excluding carboxylic acids is 1. The van der Waals surface area contributed by atoms with E-state index in [1.807, 2.05) is 0 Å². The highest BCUT2D eigenvalue weighted by atomic mass is 19.1. The van der Waals surface area contributed by atoms with Gasteiger partial charge in [-0.2, -0.15) is 0 Å². The lowest BCUT2D eigenvalue weighted by Gasteiger charge is -2.04. The van der Waals surface area contributed by atoms with Crippen LogP contribution in [-0.2, 0) is 0 Å². The number of benzene rings is 1. The van der Waals surface area contributed by atoms with E-state index in [9.17, 15) is 9.18 Å². The van der Waals surface area contributed by atoms with Gasteiger partial charge in [0.15, 0.2) is 17.3 Å². The topological polar surface area (TPSA) is 75.1 Å². The highest BCUT2D eigenvalue weighted by molar-refractivity contribution is 5.96. The lowest BCUT2D eigenvalue weighted by molar-refractivity contribution is 0.0980. The summed E-state index contributed by atoms with van der Waals surface area (Å²) >= 11 is 0. The molecule has 0 aliphatic heterocycles. The monoisotopic (exact) mass is 237 g/mol. The van der Waals surface area contributed by atoms with Crippen molar-refractivity contribution in [1.82, 2.24) is 0 Å². The summed E-state index contributed by atoms with van der Waals surface area (Å²) < 4.78 is 18.1. The van der Waals surface area contributed by atoms with Gasteiger partial charge >= 0.3 is 0 Å². The Morgan fingerprint density at radius 1 is 1.59 bits per heavy atom. The van der Waals surface area contributed by atoms with Gasteiger partial charge in [0, 0.05) is 23.4 Å². The van der Waals surface area contributed by atoms with Gasteiger partial charge in [0.05, 0.1) is 7.11 Å². The Labute approximate surface area is 97.8 Å². The van der Waals surface area contributed by atoms with Crippen LogP contribution < -0.4 is 4.74 Å². The quantitative estimate of drug-likeness (QED) is 0.250. The average molecular weight is 237 g/mol. The molecule has 1 rings (SSSR count). The molecule has 1 aromatic carbocycles. The van der Waals surface area contributed by atoms with Crippen molar-refractivity contribution < 1.29 is 13.9 Å². The number of hydrogen-bond acceptors (Lipinski definition) is 3. The van der Waals surface area contributed by atoms with E-state index in [2.05, 4.69) is 10.0 Å². The minimum Gasteiger partial charge on any atom is -0.494 e. The van der Waals surface area contributed by atoms with Crippen molar-refractivity contribution in [2.24, 2.45) is 5.11 Å². The summed E-state index contributed by atoms with van der Waals surface area (Å²) in [7, 11) is 1.36. The van der Waals surface area contributed by atoms with E-state index in [0.29, 0.717) is 12.0 Å². The number of rotatable bonds is 6. The molecular formula is C11H12FN3O2. The highest BCUT2D eigenvalue weighted by Crippen LogP contribution is 2.18. The van der Waals surface area contributed by atoms with Gasteiger partial charge in [0.25, 0.3) is 0 Å². The zero-order chi connectivity index (χ0) is 12.7. The molecule has 0 fully saturated rings. The van der Waals surface area contributed by atoms with Crippen molar-refractivity contribution in [2.45, 2.75) is 12.8 Å². The van der Waals surface area contributed by atoms with E-state index in [1.54, 1.807) is 0 Å². The molecule has 5 nitrogen and oxygen atoms in total. The smallest absolute Gasteiger partial charge is 0.165 e. The van der Waals surface area contributed by atoms with Crippen molar-refractivity contribution in [3.05, 3.63) is 40.0 Å². The molecule has 0 heterocycles. The van der Waals surface area contributed by atoms with Crippen molar-refractivity contribution in [3.63, 3.8) is 0 Å². The molecule has 0 aliphatic rings. The van der Waals surface area contributed by atoms with Crippen LogP contribution in [0.3, 0.4) is 0 Å². The molecule has 0 aliphatic carbocycles. The van der Waals surface area contributed by atoms with Crippen LogP contribution in [0, 0.1) is 5.82 Å². The summed E-state index contributed by atoms with van der Waals surface area (Å²) in [6.45, 7) is 0.265. The Bertz CT molecular complexity index is 456. The van der Waals surface area contributed by atoms with E-state index >= 15 is 0 Å². The molecule has 17 heavy (non-hydrogen) atoms. The largest absolute Gasteiger partial charge is 0.494 e. The summed E-state index contributed by atoms with van der Waals surface area (Å²) in [5, 5.41) is 3.32. The van der Waals surface area contributed by atoms with Crippen molar-refractivity contribution in [2.75, 3.05) is 13.7 Å². The molecular weight excluding hydrogens is 225 g/mol. The van der Waals surface area contributed by atoms with Gasteiger partial charge < -0.3 is 4.74 Å². The molecule has 0 N–H and O–H groups in total. The number of hydrogen-bond donors (Lipinski definition) is 0. The maximum Gasteiger partial charge on any atom is 0.165 e. The number of azide groups is 1. The van der Waals surface area contributed by atoms with Crippen LogP contribution in [0.25, 0.3) is 10.4 Å². The van der Waals surface area contributed by atoms with E-state index < -0.39 is 5.82 Å². The Balaban J connectivity index is 2.63. The number of carbonyl (C=O) groups is 1. The fourth-order valence-electron chi connectivity index (χ4n) is 1.34. The second-order valence-electron chi connectivity index (χ2n) is 3.33. The Hall–Kier alpha value is -2.07. The zero-order valence-corrected chi connectivity index (χ0v) is 9.39. The predicted octanol–water partition coefficient (Wildman–Crippen LogP) is 3.11. The normalized spacial score (nSPS) is 9.53. The number of Topliss-reactive ketones (excluding diaryl/α,β-unsaturated/α-hetero) is 1. The van der Waals surface area contributed by atoms with Crippen LogP contribution in [0.2, 0.25) is 0 Å². The van der Waals surface area contributed by atoms with E-state index in [0.717, 1.165) is 6.07 Å². The van der Waals surface area contributed by atoms with Crippen LogP contribution in [0.5, 0.6) is 5.75 Å². The van der Waals surface area contributed by atoms with Crippen LogP contribution in [0.1, 0.15) is 23.2 Å². The van der Waals surface area contributed by atoms with E-state index in [-0.39, 0.29) is 24.5 Å². The maximum atomic E-state index is 13.3. The first kappa shape index (κ1) is 13.0. The van der Waals surface area contributed by atoms with Crippen LogP contribution in [0.15, 0.2) is 23.3 Å². The second kappa shape index (κ2) is 6.50. The van der Waals surface area contributed by atoms with Gasteiger partial charge in [0.1, 0.15) is 0 Å². The van der Waals surface area contributed by atoms with Gasteiger partial charge in [-0.25, -0.2) is 4.39 Å². The van der Waals surface area contributed by atoms with E-state index in [4.69, 9.17) is 10.3 Å². The lowest BCUT2D eigenvalue weighted by atomic mass is 10.1. The summed E-state index contributed by atoms with van der Waals surface area (Å²) in [6.07, 6.45) is 0.682. The number of nitrogens with zero attached hydrogens (tertiary/aromatic N) is 3. The molecule has 1 aromatic rings. The molecule has 90 valence electrons. The summed E-state index contributed by atoms with van der Waals surface area (Å²) in [5.41, 5.74) is 8.35. The number of ether oxygens (including phenoxy) is 1. The SMILES string of the molecule is COc1ccc(C(=O)CCCN=[N+]=[N-])cc1F. The van der Waals surface area contributed by atoms with Crippen LogP contribution in [0.4, 0.5) is 4.39 Å². The highest BCUT2D eigenvalue weighted by Gasteiger charge is 2.09.